The first-order valence-electron chi connectivity index (χ1n) is 12.8. The Kier molecular flexibility index (Phi) is 9.50. The Morgan fingerprint density at radius 2 is 1.43 bits per heavy atom. The lowest BCUT2D eigenvalue weighted by atomic mass is 9.94. The van der Waals surface area contributed by atoms with E-state index in [4.69, 9.17) is 16.3 Å². The van der Waals surface area contributed by atoms with Crippen LogP contribution in [0, 0.1) is 5.82 Å². The molecule has 0 fully saturated rings. The minimum Gasteiger partial charge on any atom is -0.457 e. The van der Waals surface area contributed by atoms with Crippen LogP contribution in [0.25, 0.3) is 0 Å². The van der Waals surface area contributed by atoms with Crippen LogP contribution < -0.4 is 10.1 Å². The highest BCUT2D eigenvalue weighted by atomic mass is 35.5. The molecule has 2 unspecified atom stereocenters. The minimum atomic E-state index is -4.79. The van der Waals surface area contributed by atoms with Crippen molar-refractivity contribution < 1.29 is 40.6 Å². The van der Waals surface area contributed by atoms with Gasteiger partial charge in [-0.15, -0.1) is 0 Å². The summed E-state index contributed by atoms with van der Waals surface area (Å²) in [5.41, 5.74) is -1.46. The number of aliphatic hydroxyl groups is 1. The van der Waals surface area contributed by atoms with Crippen molar-refractivity contribution in [1.82, 2.24) is 5.32 Å². The summed E-state index contributed by atoms with van der Waals surface area (Å²) in [5, 5.41) is 13.6. The molecule has 0 saturated carbocycles. The Morgan fingerprint density at radius 1 is 0.786 bits per heavy atom. The number of hydrogen-bond donors (Lipinski definition) is 2. The van der Waals surface area contributed by atoms with Gasteiger partial charge in [0.1, 0.15) is 17.3 Å². The maximum Gasteiger partial charge on any atom is 0.416 e. The standard InChI is InChI=1S/C31H25ClF7NO2/c1-2-18-14-24(10-11-26(18)32)42-23-8-4-6-20(15-23)29(25-16-22(31(37,38)39)9-12-27(25)33)40-28(17-41)19-5-3-7-21(13-19)30(34,35)36/h3-16,28-29,40-41H,2,17H2,1H3. The summed E-state index contributed by atoms with van der Waals surface area (Å²) in [6, 6.07) is 14.6. The molecule has 42 heavy (non-hydrogen) atoms. The molecule has 4 aromatic carbocycles. The molecule has 0 saturated heterocycles. The van der Waals surface area contributed by atoms with Crippen LogP contribution in [0.1, 0.15) is 52.4 Å². The predicted octanol–water partition coefficient (Wildman–Crippen LogP) is 9.28. The van der Waals surface area contributed by atoms with Gasteiger partial charge in [-0.1, -0.05) is 42.8 Å². The Labute approximate surface area is 242 Å². The lowest BCUT2D eigenvalue weighted by Gasteiger charge is -2.27. The molecule has 0 amide bonds. The number of rotatable bonds is 9. The van der Waals surface area contributed by atoms with Crippen LogP contribution in [0.2, 0.25) is 5.02 Å². The third-order valence-electron chi connectivity index (χ3n) is 6.63. The molecule has 2 N–H and O–H groups in total. The predicted molar refractivity (Wildman–Crippen MR) is 145 cm³/mol. The van der Waals surface area contributed by atoms with Crippen LogP contribution in [0.3, 0.4) is 0 Å². The molecule has 4 rings (SSSR count). The summed E-state index contributed by atoms with van der Waals surface area (Å²) in [5.74, 6) is -0.297. The number of hydrogen-bond acceptors (Lipinski definition) is 3. The largest absolute Gasteiger partial charge is 0.457 e. The summed E-state index contributed by atoms with van der Waals surface area (Å²) in [4.78, 5) is 0. The first-order chi connectivity index (χ1) is 19.8. The van der Waals surface area contributed by atoms with Gasteiger partial charge in [0.25, 0.3) is 0 Å². The van der Waals surface area contributed by atoms with Crippen molar-refractivity contribution in [2.75, 3.05) is 6.61 Å². The number of nitrogens with one attached hydrogen (secondary N) is 1. The molecule has 0 aromatic heterocycles. The summed E-state index contributed by atoms with van der Waals surface area (Å²) in [6.45, 7) is 1.17. The van der Waals surface area contributed by atoms with E-state index in [0.717, 1.165) is 23.8 Å². The lowest BCUT2D eigenvalue weighted by molar-refractivity contribution is -0.138. The monoisotopic (exact) mass is 611 g/mol. The average Bonchev–Trinajstić information content (AvgIpc) is 2.94. The van der Waals surface area contributed by atoms with E-state index in [1.54, 1.807) is 30.3 Å². The highest BCUT2D eigenvalue weighted by Crippen LogP contribution is 2.37. The number of aliphatic hydroxyl groups excluding tert-OH is 1. The number of alkyl halides is 6. The number of halogens is 8. The van der Waals surface area contributed by atoms with Crippen molar-refractivity contribution in [3.63, 3.8) is 0 Å². The molecule has 0 aliphatic heterocycles. The number of aryl methyl sites for hydroxylation is 1. The van der Waals surface area contributed by atoms with Crippen LogP contribution in [0.5, 0.6) is 11.5 Å². The summed E-state index contributed by atoms with van der Waals surface area (Å²) < 4.78 is 102. The molecule has 0 spiro atoms. The third-order valence-corrected chi connectivity index (χ3v) is 7.00. The lowest BCUT2D eigenvalue weighted by Crippen LogP contribution is -2.31. The Morgan fingerprint density at radius 3 is 2.10 bits per heavy atom. The highest BCUT2D eigenvalue weighted by molar-refractivity contribution is 6.31. The van der Waals surface area contributed by atoms with Crippen molar-refractivity contribution in [2.24, 2.45) is 0 Å². The molecular weight excluding hydrogens is 587 g/mol. The molecule has 0 bridgehead atoms. The minimum absolute atomic E-state index is 0.00498. The average molecular weight is 612 g/mol. The van der Waals surface area contributed by atoms with Crippen molar-refractivity contribution in [1.29, 1.82) is 0 Å². The van der Waals surface area contributed by atoms with Gasteiger partial charge in [0, 0.05) is 10.6 Å². The maximum atomic E-state index is 15.2. The summed E-state index contributed by atoms with van der Waals surface area (Å²) in [6.07, 6.45) is -8.83. The van der Waals surface area contributed by atoms with Gasteiger partial charge in [0.15, 0.2) is 0 Å². The molecule has 2 atom stereocenters. The van der Waals surface area contributed by atoms with Gasteiger partial charge in [-0.05, 0) is 83.8 Å². The topological polar surface area (TPSA) is 41.5 Å². The second-order valence-corrected chi connectivity index (χ2v) is 9.88. The molecule has 0 aliphatic rings. The first kappa shape index (κ1) is 31.3. The smallest absolute Gasteiger partial charge is 0.416 e. The van der Waals surface area contributed by atoms with Crippen LogP contribution in [0.15, 0.2) is 84.9 Å². The zero-order valence-electron chi connectivity index (χ0n) is 22.0. The van der Waals surface area contributed by atoms with E-state index in [1.807, 2.05) is 6.92 Å². The van der Waals surface area contributed by atoms with Gasteiger partial charge in [-0.3, -0.25) is 5.32 Å². The Balaban J connectivity index is 1.79. The molecular formula is C31H25ClF7NO2. The molecule has 0 radical (unpaired) electrons. The van der Waals surface area contributed by atoms with E-state index in [-0.39, 0.29) is 16.9 Å². The SMILES string of the molecule is CCc1cc(Oc2cccc(C(NC(CO)c3cccc(C(F)(F)F)c3)c3cc(C(F)(F)F)ccc3F)c2)ccc1Cl. The third kappa shape index (κ3) is 7.42. The first-order valence-corrected chi connectivity index (χ1v) is 13.1. The van der Waals surface area contributed by atoms with Gasteiger partial charge in [0.05, 0.1) is 29.8 Å². The highest BCUT2D eigenvalue weighted by Gasteiger charge is 2.34. The van der Waals surface area contributed by atoms with Crippen molar-refractivity contribution in [2.45, 2.75) is 37.8 Å². The van der Waals surface area contributed by atoms with Crippen LogP contribution in [0.4, 0.5) is 30.7 Å². The Hall–Kier alpha value is -3.60. The van der Waals surface area contributed by atoms with Crippen LogP contribution in [-0.4, -0.2) is 11.7 Å². The fourth-order valence-corrected chi connectivity index (χ4v) is 4.72. The molecule has 222 valence electrons. The van der Waals surface area contributed by atoms with E-state index in [1.165, 1.54) is 18.2 Å². The zero-order chi connectivity index (χ0) is 30.7. The zero-order valence-corrected chi connectivity index (χ0v) is 22.8. The normalized spacial score (nSPS) is 13.6. The number of ether oxygens (including phenoxy) is 1. The van der Waals surface area contributed by atoms with Crippen molar-refractivity contribution >= 4 is 11.6 Å². The summed E-state index contributed by atoms with van der Waals surface area (Å²) in [7, 11) is 0. The second kappa shape index (κ2) is 12.7. The van der Waals surface area contributed by atoms with E-state index in [0.29, 0.717) is 35.4 Å². The Bertz CT molecular complexity index is 1540. The van der Waals surface area contributed by atoms with Crippen molar-refractivity contribution in [3.8, 4) is 11.5 Å². The van der Waals surface area contributed by atoms with Gasteiger partial charge >= 0.3 is 12.4 Å². The quantitative estimate of drug-likeness (QED) is 0.185. The fraction of sp³-hybridized carbons (Fsp3) is 0.226. The van der Waals surface area contributed by atoms with E-state index in [2.05, 4.69) is 5.32 Å². The molecule has 0 aliphatic carbocycles. The maximum absolute atomic E-state index is 15.2. The van der Waals surface area contributed by atoms with Gasteiger partial charge < -0.3 is 9.84 Å². The van der Waals surface area contributed by atoms with Crippen LogP contribution >= 0.6 is 11.6 Å². The molecule has 4 aromatic rings. The van der Waals surface area contributed by atoms with E-state index >= 15 is 4.39 Å². The summed E-state index contributed by atoms with van der Waals surface area (Å²) >= 11 is 6.18. The van der Waals surface area contributed by atoms with Crippen molar-refractivity contribution in [3.05, 3.63) is 129 Å². The van der Waals surface area contributed by atoms with Gasteiger partial charge in [-0.2, -0.15) is 26.3 Å². The molecule has 3 nitrogen and oxygen atoms in total. The van der Waals surface area contributed by atoms with Crippen LogP contribution in [-0.2, 0) is 18.8 Å². The molecule has 11 heteroatoms. The van der Waals surface area contributed by atoms with Gasteiger partial charge in [0.2, 0.25) is 0 Å². The second-order valence-electron chi connectivity index (χ2n) is 9.47. The molecule has 0 heterocycles. The van der Waals surface area contributed by atoms with E-state index in [9.17, 15) is 31.4 Å². The van der Waals surface area contributed by atoms with E-state index < -0.39 is 53.6 Å². The van der Waals surface area contributed by atoms with Gasteiger partial charge in [-0.25, -0.2) is 4.39 Å². The number of benzene rings is 4. The fourth-order valence-electron chi connectivity index (χ4n) is 4.47.